The van der Waals surface area contributed by atoms with Crippen molar-refractivity contribution < 1.29 is 8.42 Å². The molecule has 1 aromatic carbocycles. The minimum atomic E-state index is -3.75. The van der Waals surface area contributed by atoms with Gasteiger partial charge in [-0.2, -0.15) is 13.7 Å². The number of H-pyrrole nitrogens is 1. The molecule has 112 valence electrons. The van der Waals surface area contributed by atoms with Gasteiger partial charge >= 0.3 is 0 Å². The largest absolute Gasteiger partial charge is 0.358 e. The smallest absolute Gasteiger partial charge is 0.279 e. The average molecular weight is 315 g/mol. The normalized spacial score (nSPS) is 11.5. The zero-order chi connectivity index (χ0) is 15.9. The van der Waals surface area contributed by atoms with Gasteiger partial charge in [0, 0.05) is 18.6 Å². The highest BCUT2D eigenvalue weighted by molar-refractivity contribution is 7.92. The topological polar surface area (TPSA) is 104 Å². The van der Waals surface area contributed by atoms with Crippen molar-refractivity contribution in [1.29, 1.82) is 5.26 Å². The summed E-state index contributed by atoms with van der Waals surface area (Å²) in [6, 6.07) is 5.54. The number of fused-ring (bicyclic) bond motifs is 1. The molecule has 2 N–H and O–H groups in total. The van der Waals surface area contributed by atoms with E-state index in [1.54, 1.807) is 25.4 Å². The standard InChI is InChI=1S/C14H13N5O2S/c1-9-3-4-11(14-13(9)10(5-15)6-17-14)18-22(20,21)12-7-16-8-19(12)2/h3-4,6-8,17-18H,1-2H3. The number of anilines is 1. The fraction of sp³-hybridized carbons (Fsp3) is 0.143. The summed E-state index contributed by atoms with van der Waals surface area (Å²) in [5.41, 5.74) is 2.36. The summed E-state index contributed by atoms with van der Waals surface area (Å²) in [5, 5.41) is 9.92. The number of nitrogens with zero attached hydrogens (tertiary/aromatic N) is 3. The number of sulfonamides is 1. The summed E-state index contributed by atoms with van der Waals surface area (Å²) < 4.78 is 28.8. The van der Waals surface area contributed by atoms with Gasteiger partial charge < -0.3 is 9.55 Å². The van der Waals surface area contributed by atoms with Crippen molar-refractivity contribution in [3.05, 3.63) is 42.0 Å². The van der Waals surface area contributed by atoms with Crippen LogP contribution in [0.15, 0.2) is 35.9 Å². The number of benzene rings is 1. The molecule has 8 heteroatoms. The van der Waals surface area contributed by atoms with Gasteiger partial charge in [0.05, 0.1) is 29.3 Å². The summed E-state index contributed by atoms with van der Waals surface area (Å²) >= 11 is 0. The van der Waals surface area contributed by atoms with Crippen LogP contribution >= 0.6 is 0 Å². The maximum absolute atomic E-state index is 12.4. The summed E-state index contributed by atoms with van der Waals surface area (Å²) in [4.78, 5) is 6.78. The Hall–Kier alpha value is -2.79. The molecule has 0 spiro atoms. The van der Waals surface area contributed by atoms with E-state index in [1.807, 2.05) is 6.92 Å². The molecule has 3 rings (SSSR count). The Kier molecular flexibility index (Phi) is 3.15. The zero-order valence-electron chi connectivity index (χ0n) is 12.0. The zero-order valence-corrected chi connectivity index (χ0v) is 12.8. The predicted molar refractivity (Wildman–Crippen MR) is 81.8 cm³/mol. The Morgan fingerprint density at radius 2 is 2.18 bits per heavy atom. The quantitative estimate of drug-likeness (QED) is 0.770. The van der Waals surface area contributed by atoms with E-state index in [2.05, 4.69) is 20.8 Å². The highest BCUT2D eigenvalue weighted by Gasteiger charge is 2.20. The van der Waals surface area contributed by atoms with Gasteiger partial charge in [-0.05, 0) is 18.6 Å². The molecule has 0 unspecified atom stereocenters. The minimum absolute atomic E-state index is 0.0632. The number of aryl methyl sites for hydroxylation is 2. The van der Waals surface area contributed by atoms with E-state index in [4.69, 9.17) is 5.26 Å². The second kappa shape index (κ2) is 4.89. The number of hydrogen-bond acceptors (Lipinski definition) is 4. The van der Waals surface area contributed by atoms with E-state index < -0.39 is 10.0 Å². The van der Waals surface area contributed by atoms with Crippen molar-refractivity contribution >= 4 is 26.6 Å². The highest BCUT2D eigenvalue weighted by Crippen LogP contribution is 2.29. The molecule has 0 aliphatic rings. The molecule has 0 saturated carbocycles. The lowest BCUT2D eigenvalue weighted by Crippen LogP contribution is -2.16. The van der Waals surface area contributed by atoms with E-state index in [-0.39, 0.29) is 5.03 Å². The Labute approximate surface area is 127 Å². The molecule has 0 aliphatic carbocycles. The lowest BCUT2D eigenvalue weighted by Gasteiger charge is -2.10. The molecule has 0 radical (unpaired) electrons. The lowest BCUT2D eigenvalue weighted by molar-refractivity contribution is 0.591. The van der Waals surface area contributed by atoms with Crippen LogP contribution in [0, 0.1) is 18.3 Å². The number of nitrogens with one attached hydrogen (secondary N) is 2. The van der Waals surface area contributed by atoms with Gasteiger partial charge in [0.25, 0.3) is 10.0 Å². The highest BCUT2D eigenvalue weighted by atomic mass is 32.2. The second-order valence-corrected chi connectivity index (χ2v) is 6.57. The van der Waals surface area contributed by atoms with E-state index in [1.165, 1.54) is 17.1 Å². The molecule has 0 atom stereocenters. The monoisotopic (exact) mass is 315 g/mol. The van der Waals surface area contributed by atoms with Crippen molar-refractivity contribution in [2.24, 2.45) is 7.05 Å². The SMILES string of the molecule is Cc1ccc(NS(=O)(=O)c2cncn2C)c2[nH]cc(C#N)c12. The molecule has 0 aliphatic heterocycles. The minimum Gasteiger partial charge on any atom is -0.358 e. The van der Waals surface area contributed by atoms with Crippen LogP contribution in [-0.4, -0.2) is 23.0 Å². The van der Waals surface area contributed by atoms with Gasteiger partial charge in [0.2, 0.25) is 0 Å². The fourth-order valence-corrected chi connectivity index (χ4v) is 3.58. The van der Waals surface area contributed by atoms with Gasteiger partial charge in [0.1, 0.15) is 6.07 Å². The van der Waals surface area contributed by atoms with Crippen LogP contribution in [0.25, 0.3) is 10.9 Å². The molecule has 2 aromatic heterocycles. The van der Waals surface area contributed by atoms with E-state index in [0.717, 1.165) is 5.56 Å². The van der Waals surface area contributed by atoms with Crippen LogP contribution < -0.4 is 4.72 Å². The maximum Gasteiger partial charge on any atom is 0.279 e. The Morgan fingerprint density at radius 3 is 2.82 bits per heavy atom. The van der Waals surface area contributed by atoms with Gasteiger partial charge in [-0.1, -0.05) is 6.07 Å². The maximum atomic E-state index is 12.4. The first kappa shape index (κ1) is 14.2. The molecule has 0 bridgehead atoms. The number of imidazole rings is 1. The van der Waals surface area contributed by atoms with Crippen molar-refractivity contribution in [2.45, 2.75) is 11.9 Å². The number of hydrogen-bond donors (Lipinski definition) is 2. The summed E-state index contributed by atoms with van der Waals surface area (Å²) in [6.07, 6.45) is 4.27. The van der Waals surface area contributed by atoms with Crippen LogP contribution in [-0.2, 0) is 17.1 Å². The molecular formula is C14H13N5O2S. The summed E-state index contributed by atoms with van der Waals surface area (Å²) in [5.74, 6) is 0. The third kappa shape index (κ3) is 2.12. The van der Waals surface area contributed by atoms with Crippen LogP contribution in [0.4, 0.5) is 5.69 Å². The third-order valence-electron chi connectivity index (χ3n) is 3.46. The van der Waals surface area contributed by atoms with Crippen LogP contribution in [0.1, 0.15) is 11.1 Å². The van der Waals surface area contributed by atoms with E-state index >= 15 is 0 Å². The van der Waals surface area contributed by atoms with Gasteiger partial charge in [-0.15, -0.1) is 0 Å². The van der Waals surface area contributed by atoms with Crippen molar-refractivity contribution in [1.82, 2.24) is 14.5 Å². The number of rotatable bonds is 3. The van der Waals surface area contributed by atoms with Crippen molar-refractivity contribution in [3.63, 3.8) is 0 Å². The predicted octanol–water partition coefficient (Wildman–Crippen LogP) is 1.88. The number of aromatic amines is 1. The first-order valence-corrected chi connectivity index (χ1v) is 7.92. The number of nitriles is 1. The fourth-order valence-electron chi connectivity index (χ4n) is 2.39. The molecule has 0 saturated heterocycles. The Bertz CT molecular complexity index is 1010. The molecule has 22 heavy (non-hydrogen) atoms. The molecule has 2 heterocycles. The Morgan fingerprint density at radius 1 is 1.41 bits per heavy atom. The van der Waals surface area contributed by atoms with Gasteiger partial charge in [-0.25, -0.2) is 4.98 Å². The van der Waals surface area contributed by atoms with Crippen molar-refractivity contribution in [2.75, 3.05) is 4.72 Å². The molecule has 3 aromatic rings. The Balaban J connectivity index is 2.13. The lowest BCUT2D eigenvalue weighted by atomic mass is 10.1. The van der Waals surface area contributed by atoms with Crippen LogP contribution in [0.2, 0.25) is 0 Å². The van der Waals surface area contributed by atoms with Crippen molar-refractivity contribution in [3.8, 4) is 6.07 Å². The van der Waals surface area contributed by atoms with Crippen LogP contribution in [0.3, 0.4) is 0 Å². The molecule has 0 fully saturated rings. The average Bonchev–Trinajstić information content (AvgIpc) is 3.08. The number of aromatic nitrogens is 3. The van der Waals surface area contributed by atoms with Gasteiger partial charge in [0.15, 0.2) is 5.03 Å². The first-order valence-electron chi connectivity index (χ1n) is 6.44. The van der Waals surface area contributed by atoms with E-state index in [9.17, 15) is 8.42 Å². The summed E-state index contributed by atoms with van der Waals surface area (Å²) in [7, 11) is -2.15. The molecular weight excluding hydrogens is 302 g/mol. The molecule has 0 amide bonds. The first-order chi connectivity index (χ1) is 10.4. The van der Waals surface area contributed by atoms with Crippen LogP contribution in [0.5, 0.6) is 0 Å². The second-order valence-electron chi connectivity index (χ2n) is 4.94. The molecule has 7 nitrogen and oxygen atoms in total. The third-order valence-corrected chi connectivity index (χ3v) is 4.89. The van der Waals surface area contributed by atoms with Gasteiger partial charge in [-0.3, -0.25) is 4.72 Å². The van der Waals surface area contributed by atoms with E-state index in [0.29, 0.717) is 22.2 Å². The summed E-state index contributed by atoms with van der Waals surface area (Å²) in [6.45, 7) is 1.87.